The van der Waals surface area contributed by atoms with Gasteiger partial charge in [0.2, 0.25) is 0 Å². The number of hydrogen-bond acceptors (Lipinski definition) is 2. The maximum absolute atomic E-state index is 6.58. The monoisotopic (exact) mass is 779 g/mol. The minimum atomic E-state index is -0.177. The molecule has 11 aromatic rings. The average molecular weight is 780 g/mol. The number of anilines is 3. The summed E-state index contributed by atoms with van der Waals surface area (Å²) in [6.07, 6.45) is 0. The van der Waals surface area contributed by atoms with Crippen molar-refractivity contribution in [2.45, 2.75) is 19.3 Å². The number of benzene rings is 10. The highest BCUT2D eigenvalue weighted by Gasteiger charge is 2.37. The molecular weight excluding hydrogens is 739 g/mol. The topological polar surface area (TPSA) is 16.4 Å². The number of hydrogen-bond donors (Lipinski definition) is 0. The number of nitrogens with zero attached hydrogens (tertiary/aromatic N) is 1. The fraction of sp³-hybridized carbons (Fsp3) is 0.0508. The highest BCUT2D eigenvalue weighted by atomic mass is 16.3. The highest BCUT2D eigenvalue weighted by molar-refractivity contribution is 6.12. The van der Waals surface area contributed by atoms with Crippen LogP contribution in [0.15, 0.2) is 217 Å². The molecule has 0 saturated heterocycles. The zero-order chi connectivity index (χ0) is 40.7. The Morgan fingerprint density at radius 2 is 0.984 bits per heavy atom. The van der Waals surface area contributed by atoms with Crippen LogP contribution in [0.3, 0.4) is 0 Å². The molecule has 0 unspecified atom stereocenters. The van der Waals surface area contributed by atoms with E-state index in [0.717, 1.165) is 50.1 Å². The Labute approximate surface area is 355 Å². The molecule has 0 fully saturated rings. The maximum Gasteiger partial charge on any atom is 0.143 e. The lowest BCUT2D eigenvalue weighted by Crippen LogP contribution is -2.17. The van der Waals surface area contributed by atoms with Crippen LogP contribution in [-0.2, 0) is 5.41 Å². The zero-order valence-corrected chi connectivity index (χ0v) is 34.1. The van der Waals surface area contributed by atoms with Crippen molar-refractivity contribution in [2.24, 2.45) is 0 Å². The van der Waals surface area contributed by atoms with Crippen LogP contribution in [0.5, 0.6) is 0 Å². The van der Waals surface area contributed by atoms with Gasteiger partial charge in [0.1, 0.15) is 11.2 Å². The summed E-state index contributed by atoms with van der Waals surface area (Å²) in [7, 11) is 0. The van der Waals surface area contributed by atoms with Crippen molar-refractivity contribution in [3.05, 3.63) is 223 Å². The Morgan fingerprint density at radius 3 is 1.79 bits per heavy atom. The van der Waals surface area contributed by atoms with Gasteiger partial charge in [0, 0.05) is 38.5 Å². The predicted molar refractivity (Wildman–Crippen MR) is 257 cm³/mol. The van der Waals surface area contributed by atoms with Gasteiger partial charge in [-0.1, -0.05) is 190 Å². The van der Waals surface area contributed by atoms with Crippen molar-refractivity contribution in [1.29, 1.82) is 0 Å². The van der Waals surface area contributed by atoms with Gasteiger partial charge in [0.15, 0.2) is 0 Å². The molecule has 1 aromatic heterocycles. The van der Waals surface area contributed by atoms with Crippen LogP contribution in [0, 0.1) is 0 Å². The summed E-state index contributed by atoms with van der Waals surface area (Å²) in [5, 5.41) is 7.23. The average Bonchev–Trinajstić information content (AvgIpc) is 3.81. The fourth-order valence-electron chi connectivity index (χ4n) is 10.2. The van der Waals surface area contributed by atoms with Crippen LogP contribution >= 0.6 is 0 Å². The third kappa shape index (κ3) is 5.49. The molecule has 2 nitrogen and oxygen atoms in total. The smallest absolute Gasteiger partial charge is 0.143 e. The van der Waals surface area contributed by atoms with E-state index in [4.69, 9.17) is 4.42 Å². The van der Waals surface area contributed by atoms with E-state index in [1.54, 1.807) is 0 Å². The van der Waals surface area contributed by atoms with Gasteiger partial charge in [-0.15, -0.1) is 0 Å². The highest BCUT2D eigenvalue weighted by Crippen LogP contribution is 2.55. The van der Waals surface area contributed by atoms with Gasteiger partial charge in [-0.2, -0.15) is 0 Å². The summed E-state index contributed by atoms with van der Waals surface area (Å²) in [5.41, 5.74) is 17.4. The molecule has 288 valence electrons. The molecule has 0 saturated carbocycles. The third-order valence-electron chi connectivity index (χ3n) is 13.1. The Balaban J connectivity index is 1.07. The number of para-hydroxylation sites is 2. The molecular formula is C59H41NO. The molecule has 0 atom stereocenters. The minimum absolute atomic E-state index is 0.177. The number of fused-ring (bicyclic) bond motifs is 9. The Hall–Kier alpha value is -7.68. The second-order valence-electron chi connectivity index (χ2n) is 16.8. The van der Waals surface area contributed by atoms with Crippen molar-refractivity contribution in [3.63, 3.8) is 0 Å². The van der Waals surface area contributed by atoms with Gasteiger partial charge in [-0.25, -0.2) is 0 Å². The molecule has 2 heteroatoms. The quantitative estimate of drug-likeness (QED) is 0.167. The molecule has 0 amide bonds. The lowest BCUT2D eigenvalue weighted by Gasteiger charge is -2.30. The van der Waals surface area contributed by atoms with Crippen LogP contribution in [0.4, 0.5) is 17.1 Å². The molecule has 1 aliphatic carbocycles. The van der Waals surface area contributed by atoms with E-state index in [9.17, 15) is 0 Å². The van der Waals surface area contributed by atoms with Crippen molar-refractivity contribution < 1.29 is 4.42 Å². The van der Waals surface area contributed by atoms with Crippen molar-refractivity contribution >= 4 is 60.5 Å². The van der Waals surface area contributed by atoms with Crippen LogP contribution in [0.2, 0.25) is 0 Å². The number of furan rings is 1. The molecule has 0 bridgehead atoms. The van der Waals surface area contributed by atoms with E-state index in [1.807, 2.05) is 6.07 Å². The third-order valence-corrected chi connectivity index (χ3v) is 13.1. The van der Waals surface area contributed by atoms with Gasteiger partial charge in [-0.3, -0.25) is 0 Å². The molecule has 1 heterocycles. The van der Waals surface area contributed by atoms with E-state index in [1.165, 1.54) is 66.1 Å². The normalized spacial score (nSPS) is 12.9. The molecule has 61 heavy (non-hydrogen) atoms. The predicted octanol–water partition coefficient (Wildman–Crippen LogP) is 16.7. The summed E-state index contributed by atoms with van der Waals surface area (Å²) in [6.45, 7) is 4.75. The summed E-state index contributed by atoms with van der Waals surface area (Å²) in [4.78, 5) is 2.46. The van der Waals surface area contributed by atoms with E-state index in [-0.39, 0.29) is 5.41 Å². The molecule has 0 N–H and O–H groups in total. The number of rotatable bonds is 6. The summed E-state index contributed by atoms with van der Waals surface area (Å²) in [6, 6.07) is 77.4. The second-order valence-corrected chi connectivity index (χ2v) is 16.8. The van der Waals surface area contributed by atoms with Gasteiger partial charge in [-0.05, 0) is 103 Å². The maximum atomic E-state index is 6.58. The largest absolute Gasteiger partial charge is 0.455 e. The van der Waals surface area contributed by atoms with Crippen molar-refractivity contribution in [2.75, 3.05) is 4.90 Å². The first-order chi connectivity index (χ1) is 30.0. The van der Waals surface area contributed by atoms with Crippen LogP contribution in [0.25, 0.3) is 88.0 Å². The standard InChI is InChI=1S/C59H41NO/c1-59(2)52-30-10-8-25-51(52)57-49-24-7-6-22-47(49)54(37-53(57)59)60(43-21-12-20-41(36-43)46-28-15-29-50-48-23-9-11-31-55(48)61-58(46)50)42-34-32-39(33-35-42)45-27-14-19-40-18-13-26-44(56(40)45)38-16-4-3-5-17-38/h3-37H,1-2H3. The first-order valence-corrected chi connectivity index (χ1v) is 21.2. The molecule has 1 aliphatic rings. The first kappa shape index (κ1) is 35.3. The summed E-state index contributed by atoms with van der Waals surface area (Å²) >= 11 is 0. The second kappa shape index (κ2) is 13.7. The van der Waals surface area contributed by atoms with Crippen molar-refractivity contribution in [3.8, 4) is 44.5 Å². The lowest BCUT2D eigenvalue weighted by molar-refractivity contribution is 0.661. The summed E-state index contributed by atoms with van der Waals surface area (Å²) < 4.78 is 6.58. The van der Waals surface area contributed by atoms with Gasteiger partial charge < -0.3 is 9.32 Å². The van der Waals surface area contributed by atoms with E-state index in [2.05, 4.69) is 225 Å². The van der Waals surface area contributed by atoms with Gasteiger partial charge in [0.05, 0.1) is 5.69 Å². The molecule has 0 radical (unpaired) electrons. The van der Waals surface area contributed by atoms with E-state index < -0.39 is 0 Å². The van der Waals surface area contributed by atoms with Gasteiger partial charge >= 0.3 is 0 Å². The van der Waals surface area contributed by atoms with E-state index >= 15 is 0 Å². The molecule has 0 spiro atoms. The minimum Gasteiger partial charge on any atom is -0.455 e. The Bertz CT molecular complexity index is 3500. The SMILES string of the molecule is CC1(C)c2ccccc2-c2c1cc(N(c1ccc(-c3cccc4cccc(-c5ccccc5)c34)cc1)c1cccc(-c3cccc4c3oc3ccccc34)c1)c1ccccc21. The lowest BCUT2D eigenvalue weighted by atomic mass is 9.81. The van der Waals surface area contributed by atoms with Crippen LogP contribution < -0.4 is 4.90 Å². The molecule has 12 rings (SSSR count). The molecule has 10 aromatic carbocycles. The summed E-state index contributed by atoms with van der Waals surface area (Å²) in [5.74, 6) is 0. The van der Waals surface area contributed by atoms with Gasteiger partial charge in [0.25, 0.3) is 0 Å². The Kier molecular flexibility index (Phi) is 7.92. The molecule has 0 aliphatic heterocycles. The van der Waals surface area contributed by atoms with Crippen LogP contribution in [-0.4, -0.2) is 0 Å². The fourth-order valence-corrected chi connectivity index (χ4v) is 10.2. The van der Waals surface area contributed by atoms with Crippen LogP contribution in [0.1, 0.15) is 25.0 Å². The Morgan fingerprint density at radius 1 is 0.393 bits per heavy atom. The zero-order valence-electron chi connectivity index (χ0n) is 34.1. The first-order valence-electron chi connectivity index (χ1n) is 21.2. The van der Waals surface area contributed by atoms with E-state index in [0.29, 0.717) is 0 Å². The van der Waals surface area contributed by atoms with Crippen molar-refractivity contribution in [1.82, 2.24) is 0 Å².